The van der Waals surface area contributed by atoms with E-state index in [-0.39, 0.29) is 37.3 Å². The summed E-state index contributed by atoms with van der Waals surface area (Å²) in [6.07, 6.45) is -4.52. The Morgan fingerprint density at radius 2 is 1.80 bits per heavy atom. The van der Waals surface area contributed by atoms with Crippen molar-refractivity contribution < 1.29 is 27.4 Å². The van der Waals surface area contributed by atoms with E-state index < -0.39 is 35.9 Å². The molecular formula is C18H18F4N4O4. The maximum Gasteiger partial charge on any atom is 0.422 e. The molecule has 0 radical (unpaired) electrons. The van der Waals surface area contributed by atoms with Gasteiger partial charge in [0.1, 0.15) is 5.82 Å². The van der Waals surface area contributed by atoms with Gasteiger partial charge in [-0.25, -0.2) is 9.18 Å². The molecule has 162 valence electrons. The average Bonchev–Trinajstić information content (AvgIpc) is 3.04. The van der Waals surface area contributed by atoms with Crippen molar-refractivity contribution in [2.45, 2.75) is 25.7 Å². The van der Waals surface area contributed by atoms with E-state index in [4.69, 9.17) is 9.84 Å². The third-order valence-electron chi connectivity index (χ3n) is 4.36. The predicted octanol–water partition coefficient (Wildman–Crippen LogP) is 1.41. The van der Waals surface area contributed by atoms with Gasteiger partial charge in [0.05, 0.1) is 6.54 Å². The summed E-state index contributed by atoms with van der Waals surface area (Å²) in [5.74, 6) is -0.503. The first-order chi connectivity index (χ1) is 14.1. The number of rotatable bonds is 7. The number of hydrogen-bond donors (Lipinski definition) is 1. The third kappa shape index (κ3) is 4.37. The van der Waals surface area contributed by atoms with E-state index in [0.717, 1.165) is 13.7 Å². The van der Waals surface area contributed by atoms with Crippen LogP contribution >= 0.6 is 0 Å². The molecule has 0 saturated carbocycles. The van der Waals surface area contributed by atoms with Gasteiger partial charge in [0.2, 0.25) is 0 Å². The zero-order chi connectivity index (χ0) is 22.1. The van der Waals surface area contributed by atoms with Crippen molar-refractivity contribution >= 4 is 11.2 Å². The van der Waals surface area contributed by atoms with Gasteiger partial charge >= 0.3 is 11.9 Å². The fourth-order valence-electron chi connectivity index (χ4n) is 2.95. The summed E-state index contributed by atoms with van der Waals surface area (Å²) >= 11 is 0. The second kappa shape index (κ2) is 8.30. The summed E-state index contributed by atoms with van der Waals surface area (Å²) in [6.45, 7) is -2.13. The normalized spacial score (nSPS) is 11.9. The first kappa shape index (κ1) is 21.6. The van der Waals surface area contributed by atoms with Crippen LogP contribution in [0.4, 0.5) is 17.6 Å². The van der Waals surface area contributed by atoms with Crippen LogP contribution in [0.25, 0.3) is 11.2 Å². The molecule has 0 aliphatic carbocycles. The topological polar surface area (TPSA) is 91.3 Å². The van der Waals surface area contributed by atoms with E-state index in [9.17, 15) is 27.2 Å². The Balaban J connectivity index is 2.21. The van der Waals surface area contributed by atoms with Crippen molar-refractivity contribution in [3.8, 4) is 6.01 Å². The van der Waals surface area contributed by atoms with Crippen LogP contribution in [-0.2, 0) is 20.1 Å². The molecule has 0 amide bonds. The molecule has 3 rings (SSSR count). The van der Waals surface area contributed by atoms with Gasteiger partial charge in [-0.15, -0.1) is 0 Å². The molecule has 0 unspecified atom stereocenters. The monoisotopic (exact) mass is 430 g/mol. The van der Waals surface area contributed by atoms with Crippen molar-refractivity contribution in [3.63, 3.8) is 0 Å². The number of ether oxygens (including phenoxy) is 1. The molecular weight excluding hydrogens is 412 g/mol. The molecule has 8 nitrogen and oxygen atoms in total. The lowest BCUT2D eigenvalue weighted by atomic mass is 10.2. The van der Waals surface area contributed by atoms with Crippen molar-refractivity contribution in [3.05, 3.63) is 56.5 Å². The fraction of sp³-hybridized carbons (Fsp3) is 0.389. The molecule has 0 aliphatic heterocycles. The number of fused-ring (bicyclic) bond motifs is 1. The highest BCUT2D eigenvalue weighted by atomic mass is 19.4. The van der Waals surface area contributed by atoms with E-state index in [1.54, 1.807) is 0 Å². The van der Waals surface area contributed by atoms with Crippen molar-refractivity contribution in [2.75, 3.05) is 13.2 Å². The van der Waals surface area contributed by atoms with Crippen LogP contribution in [0, 0.1) is 5.82 Å². The van der Waals surface area contributed by atoms with Gasteiger partial charge in [-0.1, -0.05) is 12.1 Å². The number of hydrogen-bond acceptors (Lipinski definition) is 5. The molecule has 30 heavy (non-hydrogen) atoms. The minimum atomic E-state index is -4.65. The van der Waals surface area contributed by atoms with E-state index in [2.05, 4.69) is 4.98 Å². The number of aromatic nitrogens is 4. The average molecular weight is 430 g/mol. The van der Waals surface area contributed by atoms with Gasteiger partial charge in [-0.05, 0) is 24.1 Å². The smallest absolute Gasteiger partial charge is 0.422 e. The Morgan fingerprint density at radius 1 is 1.13 bits per heavy atom. The van der Waals surface area contributed by atoms with E-state index >= 15 is 0 Å². The summed E-state index contributed by atoms with van der Waals surface area (Å²) in [5, 5.41) is 9.02. The minimum absolute atomic E-state index is 0.0849. The highest BCUT2D eigenvalue weighted by Gasteiger charge is 2.30. The van der Waals surface area contributed by atoms with Gasteiger partial charge in [0.25, 0.3) is 11.6 Å². The third-order valence-corrected chi connectivity index (χ3v) is 4.36. The molecule has 2 aromatic heterocycles. The lowest BCUT2D eigenvalue weighted by Gasteiger charge is -2.12. The molecule has 2 heterocycles. The number of aliphatic hydroxyl groups is 1. The number of alkyl halides is 3. The Bertz CT molecular complexity index is 1160. The van der Waals surface area contributed by atoms with Crippen molar-refractivity contribution in [2.24, 2.45) is 7.05 Å². The molecule has 0 bridgehead atoms. The Hall–Kier alpha value is -3.15. The molecule has 0 atom stereocenters. The zero-order valence-corrected chi connectivity index (χ0v) is 15.8. The highest BCUT2D eigenvalue weighted by molar-refractivity contribution is 5.72. The summed E-state index contributed by atoms with van der Waals surface area (Å²) in [7, 11) is 1.32. The number of aliphatic hydroxyl groups excluding tert-OH is 1. The Kier molecular flexibility index (Phi) is 5.97. The number of imidazole rings is 1. The molecule has 1 N–H and O–H groups in total. The largest absolute Gasteiger partial charge is 0.455 e. The first-order valence-electron chi connectivity index (χ1n) is 8.87. The van der Waals surface area contributed by atoms with Crippen LogP contribution in [0.3, 0.4) is 0 Å². The second-order valence-corrected chi connectivity index (χ2v) is 6.56. The maximum absolute atomic E-state index is 13.2. The minimum Gasteiger partial charge on any atom is -0.455 e. The van der Waals surface area contributed by atoms with Crippen LogP contribution in [0.2, 0.25) is 0 Å². The van der Waals surface area contributed by atoms with Crippen LogP contribution in [0.1, 0.15) is 12.0 Å². The quantitative estimate of drug-likeness (QED) is 0.573. The van der Waals surface area contributed by atoms with Gasteiger partial charge in [-0.3, -0.25) is 18.5 Å². The van der Waals surface area contributed by atoms with Crippen LogP contribution in [0.5, 0.6) is 6.01 Å². The van der Waals surface area contributed by atoms with Crippen molar-refractivity contribution in [1.29, 1.82) is 0 Å². The summed E-state index contributed by atoms with van der Waals surface area (Å²) < 4.78 is 59.0. The molecule has 12 heteroatoms. The van der Waals surface area contributed by atoms with Crippen LogP contribution < -0.4 is 16.0 Å². The summed E-state index contributed by atoms with van der Waals surface area (Å²) in [4.78, 5) is 29.4. The Labute approximate surface area is 166 Å². The SMILES string of the molecule is Cn1c(=O)n(CCCO)c(=O)c2c1nc(OCC(F)(F)F)n2Cc1ccc(F)cc1. The van der Waals surface area contributed by atoms with E-state index in [0.29, 0.717) is 5.56 Å². The number of benzene rings is 1. The molecule has 0 saturated heterocycles. The lowest BCUT2D eigenvalue weighted by Crippen LogP contribution is -2.39. The predicted molar refractivity (Wildman–Crippen MR) is 98.0 cm³/mol. The summed E-state index contributed by atoms with van der Waals surface area (Å²) in [5.41, 5.74) is -1.32. The lowest BCUT2D eigenvalue weighted by molar-refractivity contribution is -0.155. The summed E-state index contributed by atoms with van der Waals surface area (Å²) in [6, 6.07) is 4.64. The molecule has 1 aromatic carbocycles. The Morgan fingerprint density at radius 3 is 2.40 bits per heavy atom. The van der Waals surface area contributed by atoms with Gasteiger partial charge < -0.3 is 9.84 Å². The van der Waals surface area contributed by atoms with Crippen LogP contribution in [0.15, 0.2) is 33.9 Å². The van der Waals surface area contributed by atoms with E-state index in [1.165, 1.54) is 31.3 Å². The maximum atomic E-state index is 13.2. The van der Waals surface area contributed by atoms with Gasteiger partial charge in [-0.2, -0.15) is 18.2 Å². The van der Waals surface area contributed by atoms with Crippen molar-refractivity contribution in [1.82, 2.24) is 18.7 Å². The number of halogens is 4. The number of aryl methyl sites for hydroxylation is 1. The second-order valence-electron chi connectivity index (χ2n) is 6.56. The first-order valence-corrected chi connectivity index (χ1v) is 8.87. The van der Waals surface area contributed by atoms with E-state index in [1.807, 2.05) is 0 Å². The standard InChI is InChI=1S/C18H18F4N4O4/c1-24-14-13(15(28)25(17(24)29)7-2-8-27)26(9-11-3-5-12(19)6-4-11)16(23-14)30-10-18(20,21)22/h3-6,27H,2,7-10H2,1H3. The van der Waals surface area contributed by atoms with Crippen LogP contribution in [-0.4, -0.2) is 43.2 Å². The fourth-order valence-corrected chi connectivity index (χ4v) is 2.95. The van der Waals surface area contributed by atoms with Gasteiger partial charge in [0.15, 0.2) is 17.8 Å². The molecule has 0 fully saturated rings. The zero-order valence-electron chi connectivity index (χ0n) is 15.8. The highest BCUT2D eigenvalue weighted by Crippen LogP contribution is 2.23. The molecule has 3 aromatic rings. The van der Waals surface area contributed by atoms with Gasteiger partial charge in [0, 0.05) is 20.2 Å². The number of nitrogens with zero attached hydrogens (tertiary/aromatic N) is 4. The molecule has 0 aliphatic rings. The molecule has 0 spiro atoms.